The number of urea groups is 1. The number of para-hydroxylation sites is 1. The molecule has 0 bridgehead atoms. The molecule has 6 heteroatoms. The number of aryl methyl sites for hydroxylation is 1. The van der Waals surface area contributed by atoms with Gasteiger partial charge in [-0.15, -0.1) is 0 Å². The van der Waals surface area contributed by atoms with Gasteiger partial charge >= 0.3 is 6.03 Å². The number of likely N-dealkylation sites (tertiary alicyclic amines) is 1. The van der Waals surface area contributed by atoms with Gasteiger partial charge < -0.3 is 10.2 Å². The highest BCUT2D eigenvalue weighted by molar-refractivity contribution is 5.82. The Morgan fingerprint density at radius 1 is 1.16 bits per heavy atom. The van der Waals surface area contributed by atoms with E-state index in [4.69, 9.17) is 5.10 Å². The van der Waals surface area contributed by atoms with Gasteiger partial charge in [-0.3, -0.25) is 9.67 Å². The fourth-order valence-electron chi connectivity index (χ4n) is 4.97. The Hall–Kier alpha value is -2.89. The third-order valence-electron chi connectivity index (χ3n) is 6.65. The second kappa shape index (κ2) is 7.36. The molecule has 2 aliphatic rings. The lowest BCUT2D eigenvalue weighted by molar-refractivity contribution is 0.197. The number of amides is 2. The minimum absolute atomic E-state index is 0.00680. The van der Waals surface area contributed by atoms with Crippen LogP contribution in [0.5, 0.6) is 0 Å². The summed E-state index contributed by atoms with van der Waals surface area (Å²) >= 11 is 0. The maximum atomic E-state index is 12.8. The van der Waals surface area contributed by atoms with Crippen LogP contribution in [0.3, 0.4) is 0 Å². The predicted octanol–water partition coefficient (Wildman–Crippen LogP) is 4.59. The van der Waals surface area contributed by atoms with E-state index in [9.17, 15) is 4.79 Å². The zero-order valence-corrected chi connectivity index (χ0v) is 18.7. The molecule has 4 heterocycles. The largest absolute Gasteiger partial charge is 0.337 e. The second-order valence-electron chi connectivity index (χ2n) is 10.3. The Bertz CT molecular complexity index is 1130. The van der Waals surface area contributed by atoms with Crippen LogP contribution in [0.2, 0.25) is 0 Å². The molecule has 0 aliphatic carbocycles. The van der Waals surface area contributed by atoms with E-state index in [2.05, 4.69) is 54.0 Å². The molecule has 6 nitrogen and oxygen atoms in total. The molecule has 1 unspecified atom stereocenters. The van der Waals surface area contributed by atoms with Gasteiger partial charge in [-0.2, -0.15) is 5.10 Å². The van der Waals surface area contributed by atoms with Crippen LogP contribution in [0.4, 0.5) is 4.79 Å². The molecular formula is C25H31N5O. The Morgan fingerprint density at radius 3 is 2.84 bits per heavy atom. The number of fused-ring (bicyclic) bond motifs is 3. The molecule has 3 aromatic rings. The summed E-state index contributed by atoms with van der Waals surface area (Å²) in [5, 5.41) is 9.19. The Morgan fingerprint density at radius 2 is 2.00 bits per heavy atom. The van der Waals surface area contributed by atoms with Gasteiger partial charge in [0, 0.05) is 54.4 Å². The molecule has 2 amide bonds. The molecule has 1 atom stereocenters. The molecule has 1 spiro atoms. The second-order valence-corrected chi connectivity index (χ2v) is 10.3. The van der Waals surface area contributed by atoms with Gasteiger partial charge in [-0.25, -0.2) is 4.79 Å². The Kier molecular flexibility index (Phi) is 4.76. The number of benzene rings is 1. The van der Waals surface area contributed by atoms with Crippen molar-refractivity contribution in [1.82, 2.24) is 25.0 Å². The lowest BCUT2D eigenvalue weighted by Crippen LogP contribution is -2.44. The molecule has 1 saturated heterocycles. The average Bonchev–Trinajstić information content (AvgIpc) is 3.37. The van der Waals surface area contributed by atoms with E-state index >= 15 is 0 Å². The summed E-state index contributed by atoms with van der Waals surface area (Å²) < 4.78 is 2.17. The van der Waals surface area contributed by atoms with Crippen molar-refractivity contribution in [2.45, 2.75) is 52.0 Å². The highest BCUT2D eigenvalue weighted by Gasteiger charge is 2.45. The molecule has 5 rings (SSSR count). The highest BCUT2D eigenvalue weighted by Crippen LogP contribution is 2.43. The number of nitrogens with zero attached hydrogens (tertiary/aromatic N) is 4. The highest BCUT2D eigenvalue weighted by atomic mass is 16.2. The molecule has 162 valence electrons. The van der Waals surface area contributed by atoms with E-state index in [0.717, 1.165) is 61.1 Å². The minimum atomic E-state index is 0.00680. The van der Waals surface area contributed by atoms with Crippen molar-refractivity contribution in [2.24, 2.45) is 5.41 Å². The zero-order chi connectivity index (χ0) is 21.6. The van der Waals surface area contributed by atoms with Gasteiger partial charge in [0.25, 0.3) is 0 Å². The molecule has 31 heavy (non-hydrogen) atoms. The third kappa shape index (κ3) is 3.80. The first-order valence-corrected chi connectivity index (χ1v) is 11.3. The van der Waals surface area contributed by atoms with Crippen LogP contribution >= 0.6 is 0 Å². The molecule has 2 aromatic heterocycles. The van der Waals surface area contributed by atoms with Crippen molar-refractivity contribution in [3.05, 3.63) is 48.3 Å². The number of carbonyl (C=O) groups is 1. The molecular weight excluding hydrogens is 386 g/mol. The summed E-state index contributed by atoms with van der Waals surface area (Å²) in [6.45, 7) is 9.61. The van der Waals surface area contributed by atoms with Gasteiger partial charge in [0.05, 0.1) is 11.2 Å². The van der Waals surface area contributed by atoms with Gasteiger partial charge in [0.15, 0.2) is 0 Å². The lowest BCUT2D eigenvalue weighted by Gasteiger charge is -2.34. The van der Waals surface area contributed by atoms with E-state index in [1.165, 1.54) is 5.69 Å². The predicted molar refractivity (Wildman–Crippen MR) is 123 cm³/mol. The molecule has 0 radical (unpaired) electrons. The number of hydrogen-bond donors (Lipinski definition) is 1. The van der Waals surface area contributed by atoms with E-state index < -0.39 is 0 Å². The zero-order valence-electron chi connectivity index (χ0n) is 18.7. The quantitative estimate of drug-likeness (QED) is 0.663. The van der Waals surface area contributed by atoms with Crippen LogP contribution in [-0.4, -0.2) is 45.3 Å². The smallest absolute Gasteiger partial charge is 0.317 e. The monoisotopic (exact) mass is 417 g/mol. The standard InChI is InChI=1S/C25H31N5O/c1-24(2,3)16-27-23(31)29-12-10-25(17-29)9-6-11-30-22(25)14-21(28-30)19-13-18-7-4-5-8-20(18)26-15-19/h4-5,7-8,13-15H,6,9-12,16-17H2,1-3H3,(H,27,31). The van der Waals surface area contributed by atoms with Crippen LogP contribution < -0.4 is 5.32 Å². The van der Waals surface area contributed by atoms with Crippen molar-refractivity contribution in [3.63, 3.8) is 0 Å². The van der Waals surface area contributed by atoms with E-state index in [0.29, 0.717) is 6.54 Å². The number of aromatic nitrogens is 3. The van der Waals surface area contributed by atoms with Crippen molar-refractivity contribution >= 4 is 16.9 Å². The van der Waals surface area contributed by atoms with Crippen molar-refractivity contribution < 1.29 is 4.79 Å². The summed E-state index contributed by atoms with van der Waals surface area (Å²) in [5.41, 5.74) is 4.39. The summed E-state index contributed by atoms with van der Waals surface area (Å²) in [4.78, 5) is 19.4. The van der Waals surface area contributed by atoms with Gasteiger partial charge in [-0.1, -0.05) is 39.0 Å². The minimum Gasteiger partial charge on any atom is -0.337 e. The van der Waals surface area contributed by atoms with Crippen LogP contribution in [0.15, 0.2) is 42.6 Å². The first kappa shape index (κ1) is 20.0. The lowest BCUT2D eigenvalue weighted by atomic mass is 9.77. The van der Waals surface area contributed by atoms with Gasteiger partial charge in [0.1, 0.15) is 0 Å². The SMILES string of the molecule is CC(C)(C)CNC(=O)N1CCC2(CCCn3nc(-c4cnc5ccccc5c4)cc32)C1. The molecule has 1 aromatic carbocycles. The topological polar surface area (TPSA) is 63.1 Å². The number of pyridine rings is 1. The summed E-state index contributed by atoms with van der Waals surface area (Å²) in [6, 6.07) is 12.6. The Balaban J connectivity index is 1.40. The van der Waals surface area contributed by atoms with E-state index in [1.807, 2.05) is 29.3 Å². The maximum absolute atomic E-state index is 12.8. The van der Waals surface area contributed by atoms with Crippen LogP contribution in [0, 0.1) is 5.41 Å². The third-order valence-corrected chi connectivity index (χ3v) is 6.65. The van der Waals surface area contributed by atoms with Crippen LogP contribution in [0.25, 0.3) is 22.2 Å². The average molecular weight is 418 g/mol. The van der Waals surface area contributed by atoms with E-state index in [1.54, 1.807) is 0 Å². The van der Waals surface area contributed by atoms with Gasteiger partial charge in [0.2, 0.25) is 0 Å². The first-order valence-electron chi connectivity index (χ1n) is 11.3. The Labute approximate surface area is 183 Å². The summed E-state index contributed by atoms with van der Waals surface area (Å²) in [5.74, 6) is 0. The number of hydrogen-bond acceptors (Lipinski definition) is 3. The van der Waals surface area contributed by atoms with Crippen molar-refractivity contribution in [3.8, 4) is 11.3 Å². The first-order chi connectivity index (χ1) is 14.8. The number of carbonyl (C=O) groups excluding carboxylic acids is 1. The summed E-state index contributed by atoms with van der Waals surface area (Å²) in [6.07, 6.45) is 5.12. The summed E-state index contributed by atoms with van der Waals surface area (Å²) in [7, 11) is 0. The van der Waals surface area contributed by atoms with Crippen LogP contribution in [0.1, 0.15) is 45.7 Å². The van der Waals surface area contributed by atoms with E-state index in [-0.39, 0.29) is 16.9 Å². The number of nitrogens with one attached hydrogen (secondary N) is 1. The fourth-order valence-corrected chi connectivity index (χ4v) is 4.97. The molecule has 2 aliphatic heterocycles. The van der Waals surface area contributed by atoms with Crippen LogP contribution in [-0.2, 0) is 12.0 Å². The fraction of sp³-hybridized carbons (Fsp3) is 0.480. The van der Waals surface area contributed by atoms with Crippen molar-refractivity contribution in [1.29, 1.82) is 0 Å². The van der Waals surface area contributed by atoms with Crippen molar-refractivity contribution in [2.75, 3.05) is 19.6 Å². The van der Waals surface area contributed by atoms with Gasteiger partial charge in [-0.05, 0) is 42.9 Å². The molecule has 0 saturated carbocycles. The number of rotatable bonds is 2. The molecule has 1 fully saturated rings. The normalized spacial score (nSPS) is 20.9. The molecule has 1 N–H and O–H groups in total. The maximum Gasteiger partial charge on any atom is 0.317 e.